The van der Waals surface area contributed by atoms with Crippen molar-refractivity contribution in [3.8, 4) is 0 Å². The molecule has 0 amide bonds. The van der Waals surface area contributed by atoms with Crippen molar-refractivity contribution >= 4 is 0 Å². The molecule has 0 heterocycles. The zero-order chi connectivity index (χ0) is 12.1. The van der Waals surface area contributed by atoms with E-state index in [1.54, 1.807) is 7.05 Å². The second kappa shape index (κ2) is 5.89. The van der Waals surface area contributed by atoms with Crippen LogP contribution in [0, 0.1) is 11.6 Å². The molecule has 1 aromatic rings. The number of nitrogens with two attached hydrogens (primary N) is 2. The SMILES string of the molecule is CN(Cc1cc(F)ccc1F)CC(N)CN. The first-order valence-electron chi connectivity index (χ1n) is 5.11. The van der Waals surface area contributed by atoms with Gasteiger partial charge in [0.25, 0.3) is 0 Å². The van der Waals surface area contributed by atoms with Gasteiger partial charge in [-0.25, -0.2) is 8.78 Å². The maximum atomic E-state index is 13.3. The standard InChI is InChI=1S/C11H17F2N3/c1-16(7-10(15)5-14)6-8-4-9(12)2-3-11(8)13/h2-4,10H,5-7,14-15H2,1H3. The van der Waals surface area contributed by atoms with E-state index in [0.717, 1.165) is 12.1 Å². The Bertz CT molecular complexity index is 344. The number of benzene rings is 1. The lowest BCUT2D eigenvalue weighted by Crippen LogP contribution is -2.40. The van der Waals surface area contributed by atoms with E-state index in [9.17, 15) is 8.78 Å². The van der Waals surface area contributed by atoms with E-state index < -0.39 is 11.6 Å². The molecule has 0 saturated carbocycles. The van der Waals surface area contributed by atoms with Crippen molar-refractivity contribution in [2.24, 2.45) is 11.5 Å². The molecule has 1 aromatic carbocycles. The normalized spacial score (nSPS) is 13.1. The summed E-state index contributed by atoms with van der Waals surface area (Å²) in [6, 6.07) is 3.27. The molecule has 0 saturated heterocycles. The monoisotopic (exact) mass is 229 g/mol. The highest BCUT2D eigenvalue weighted by atomic mass is 19.1. The molecular formula is C11H17F2N3. The number of hydrogen-bond donors (Lipinski definition) is 2. The Labute approximate surface area is 94.0 Å². The molecule has 0 aliphatic carbocycles. The van der Waals surface area contributed by atoms with Crippen LogP contribution in [-0.4, -0.2) is 31.1 Å². The van der Waals surface area contributed by atoms with E-state index in [1.807, 2.05) is 4.90 Å². The molecule has 0 bridgehead atoms. The van der Waals surface area contributed by atoms with Crippen LogP contribution in [0.2, 0.25) is 0 Å². The van der Waals surface area contributed by atoms with Crippen LogP contribution in [0.1, 0.15) is 5.56 Å². The van der Waals surface area contributed by atoms with Crippen LogP contribution >= 0.6 is 0 Å². The lowest BCUT2D eigenvalue weighted by atomic mass is 10.2. The lowest BCUT2D eigenvalue weighted by Gasteiger charge is -2.20. The Morgan fingerprint density at radius 3 is 2.69 bits per heavy atom. The fraction of sp³-hybridized carbons (Fsp3) is 0.455. The van der Waals surface area contributed by atoms with Gasteiger partial charge in [0.15, 0.2) is 0 Å². The van der Waals surface area contributed by atoms with Gasteiger partial charge in [-0.2, -0.15) is 0 Å². The first-order valence-corrected chi connectivity index (χ1v) is 5.11. The number of nitrogens with zero attached hydrogens (tertiary/aromatic N) is 1. The fourth-order valence-corrected chi connectivity index (χ4v) is 1.49. The molecule has 0 radical (unpaired) electrons. The van der Waals surface area contributed by atoms with Crippen molar-refractivity contribution in [3.05, 3.63) is 35.4 Å². The number of rotatable bonds is 5. The van der Waals surface area contributed by atoms with Gasteiger partial charge in [0.05, 0.1) is 0 Å². The van der Waals surface area contributed by atoms with Gasteiger partial charge in [-0.1, -0.05) is 0 Å². The Kier molecular flexibility index (Phi) is 4.79. The van der Waals surface area contributed by atoms with Gasteiger partial charge in [0.2, 0.25) is 0 Å². The van der Waals surface area contributed by atoms with Crippen molar-refractivity contribution in [3.63, 3.8) is 0 Å². The van der Waals surface area contributed by atoms with Gasteiger partial charge in [0, 0.05) is 31.2 Å². The van der Waals surface area contributed by atoms with Crippen molar-refractivity contribution in [1.29, 1.82) is 0 Å². The van der Waals surface area contributed by atoms with E-state index >= 15 is 0 Å². The Hall–Kier alpha value is -1.04. The number of hydrogen-bond acceptors (Lipinski definition) is 3. The van der Waals surface area contributed by atoms with Gasteiger partial charge in [-0.15, -0.1) is 0 Å². The molecule has 4 N–H and O–H groups in total. The zero-order valence-corrected chi connectivity index (χ0v) is 9.29. The molecule has 0 aliphatic rings. The summed E-state index contributed by atoms with van der Waals surface area (Å²) >= 11 is 0. The molecule has 1 unspecified atom stereocenters. The maximum absolute atomic E-state index is 13.3. The smallest absolute Gasteiger partial charge is 0.127 e. The highest BCUT2D eigenvalue weighted by molar-refractivity contribution is 5.18. The molecule has 1 atom stereocenters. The van der Waals surface area contributed by atoms with Crippen LogP contribution in [-0.2, 0) is 6.54 Å². The largest absolute Gasteiger partial charge is 0.329 e. The van der Waals surface area contributed by atoms with E-state index in [-0.39, 0.29) is 6.04 Å². The summed E-state index contributed by atoms with van der Waals surface area (Å²) in [7, 11) is 1.79. The zero-order valence-electron chi connectivity index (χ0n) is 9.29. The third-order valence-electron chi connectivity index (χ3n) is 2.30. The van der Waals surface area contributed by atoms with Gasteiger partial charge in [-0.05, 0) is 25.2 Å². The molecule has 1 rings (SSSR count). The summed E-state index contributed by atoms with van der Waals surface area (Å²) in [5, 5.41) is 0. The summed E-state index contributed by atoms with van der Waals surface area (Å²) in [6.07, 6.45) is 0. The Morgan fingerprint density at radius 1 is 1.38 bits per heavy atom. The molecule has 0 spiro atoms. The molecule has 5 heteroatoms. The van der Waals surface area contributed by atoms with Crippen LogP contribution in [0.25, 0.3) is 0 Å². The first kappa shape index (κ1) is 13.0. The predicted octanol–water partition coefficient (Wildman–Crippen LogP) is 0.683. The van der Waals surface area contributed by atoms with E-state index in [2.05, 4.69) is 0 Å². The number of halogens is 2. The highest BCUT2D eigenvalue weighted by Gasteiger charge is 2.09. The highest BCUT2D eigenvalue weighted by Crippen LogP contribution is 2.11. The first-order chi connectivity index (χ1) is 7.52. The van der Waals surface area contributed by atoms with Crippen molar-refractivity contribution in [2.45, 2.75) is 12.6 Å². The van der Waals surface area contributed by atoms with Gasteiger partial charge >= 0.3 is 0 Å². The Morgan fingerprint density at radius 2 is 2.06 bits per heavy atom. The minimum atomic E-state index is -0.437. The minimum Gasteiger partial charge on any atom is -0.329 e. The second-order valence-electron chi connectivity index (χ2n) is 3.93. The van der Waals surface area contributed by atoms with Crippen LogP contribution < -0.4 is 11.5 Å². The van der Waals surface area contributed by atoms with Crippen molar-refractivity contribution < 1.29 is 8.78 Å². The molecule has 0 fully saturated rings. The van der Waals surface area contributed by atoms with Crippen LogP contribution in [0.4, 0.5) is 8.78 Å². The van der Waals surface area contributed by atoms with Crippen LogP contribution in [0.3, 0.4) is 0 Å². The van der Waals surface area contributed by atoms with Crippen molar-refractivity contribution in [2.75, 3.05) is 20.1 Å². The quantitative estimate of drug-likeness (QED) is 0.780. The van der Waals surface area contributed by atoms with E-state index in [0.29, 0.717) is 25.2 Å². The topological polar surface area (TPSA) is 55.3 Å². The summed E-state index contributed by atoms with van der Waals surface area (Å²) < 4.78 is 26.2. The molecule has 3 nitrogen and oxygen atoms in total. The Balaban J connectivity index is 2.61. The molecule has 90 valence electrons. The van der Waals surface area contributed by atoms with Gasteiger partial charge < -0.3 is 16.4 Å². The van der Waals surface area contributed by atoms with Crippen molar-refractivity contribution in [1.82, 2.24) is 4.90 Å². The average molecular weight is 229 g/mol. The fourth-order valence-electron chi connectivity index (χ4n) is 1.49. The molecule has 16 heavy (non-hydrogen) atoms. The second-order valence-corrected chi connectivity index (χ2v) is 3.93. The van der Waals surface area contributed by atoms with E-state index in [4.69, 9.17) is 11.5 Å². The molecular weight excluding hydrogens is 212 g/mol. The average Bonchev–Trinajstić information content (AvgIpc) is 2.23. The lowest BCUT2D eigenvalue weighted by molar-refractivity contribution is 0.300. The summed E-state index contributed by atoms with van der Waals surface area (Å²) in [5.74, 6) is -0.845. The van der Waals surface area contributed by atoms with Crippen LogP contribution in [0.15, 0.2) is 18.2 Å². The van der Waals surface area contributed by atoms with Gasteiger partial charge in [0.1, 0.15) is 11.6 Å². The third kappa shape index (κ3) is 3.84. The third-order valence-corrected chi connectivity index (χ3v) is 2.30. The molecule has 0 aliphatic heterocycles. The minimum absolute atomic E-state index is 0.151. The molecule has 0 aromatic heterocycles. The summed E-state index contributed by atoms with van der Waals surface area (Å²) in [5.41, 5.74) is 11.4. The van der Waals surface area contributed by atoms with Gasteiger partial charge in [-0.3, -0.25) is 0 Å². The predicted molar refractivity (Wildman–Crippen MR) is 59.7 cm³/mol. The maximum Gasteiger partial charge on any atom is 0.127 e. The number of likely N-dealkylation sites (N-methyl/N-ethyl adjacent to an activating group) is 1. The summed E-state index contributed by atoms with van der Waals surface area (Å²) in [6.45, 7) is 1.24. The summed E-state index contributed by atoms with van der Waals surface area (Å²) in [4.78, 5) is 1.81. The van der Waals surface area contributed by atoms with E-state index in [1.165, 1.54) is 6.07 Å². The van der Waals surface area contributed by atoms with Crippen LogP contribution in [0.5, 0.6) is 0 Å².